The quantitative estimate of drug-likeness (QED) is 0.812. The maximum Gasteiger partial charge on any atom is 0.0647 e. The molecule has 1 atom stereocenters. The minimum absolute atomic E-state index is 0.285. The van der Waals surface area contributed by atoms with Crippen molar-refractivity contribution in [1.29, 1.82) is 0 Å². The van der Waals surface area contributed by atoms with Crippen molar-refractivity contribution in [2.24, 2.45) is 5.92 Å². The SMILES string of the molecule is CCN1CCC(C2(COC)CCCCN2)CC1. The van der Waals surface area contributed by atoms with Crippen molar-refractivity contribution in [3.8, 4) is 0 Å². The van der Waals surface area contributed by atoms with Gasteiger partial charge in [-0.2, -0.15) is 0 Å². The highest BCUT2D eigenvalue weighted by molar-refractivity contribution is 4.98. The number of nitrogens with one attached hydrogen (secondary N) is 1. The Balaban J connectivity index is 1.96. The average molecular weight is 240 g/mol. The van der Waals surface area contributed by atoms with E-state index in [1.165, 1.54) is 58.3 Å². The van der Waals surface area contributed by atoms with E-state index >= 15 is 0 Å². The van der Waals surface area contributed by atoms with E-state index in [2.05, 4.69) is 17.1 Å². The topological polar surface area (TPSA) is 24.5 Å². The van der Waals surface area contributed by atoms with Crippen molar-refractivity contribution >= 4 is 0 Å². The summed E-state index contributed by atoms with van der Waals surface area (Å²) >= 11 is 0. The first-order valence-corrected chi connectivity index (χ1v) is 7.27. The Morgan fingerprint density at radius 2 is 2.06 bits per heavy atom. The van der Waals surface area contributed by atoms with Crippen LogP contribution in [0.2, 0.25) is 0 Å². The zero-order chi connectivity index (χ0) is 12.1. The number of likely N-dealkylation sites (tertiary alicyclic amines) is 1. The van der Waals surface area contributed by atoms with Crippen molar-refractivity contribution in [1.82, 2.24) is 10.2 Å². The minimum atomic E-state index is 0.285. The number of piperidine rings is 2. The molecule has 0 spiro atoms. The smallest absolute Gasteiger partial charge is 0.0647 e. The molecule has 17 heavy (non-hydrogen) atoms. The summed E-state index contributed by atoms with van der Waals surface area (Å²) in [6, 6.07) is 0. The highest BCUT2D eigenvalue weighted by atomic mass is 16.5. The van der Waals surface area contributed by atoms with Gasteiger partial charge in [0.05, 0.1) is 6.61 Å². The van der Waals surface area contributed by atoms with Gasteiger partial charge in [-0.15, -0.1) is 0 Å². The van der Waals surface area contributed by atoms with Gasteiger partial charge in [-0.05, 0) is 57.8 Å². The van der Waals surface area contributed by atoms with Crippen LogP contribution in [-0.2, 0) is 4.74 Å². The van der Waals surface area contributed by atoms with Crippen LogP contribution in [0.1, 0.15) is 39.0 Å². The lowest BCUT2D eigenvalue weighted by atomic mass is 9.73. The molecule has 0 bridgehead atoms. The molecule has 0 saturated carbocycles. The number of hydrogen-bond acceptors (Lipinski definition) is 3. The lowest BCUT2D eigenvalue weighted by Crippen LogP contribution is -2.59. The van der Waals surface area contributed by atoms with Gasteiger partial charge in [0.2, 0.25) is 0 Å². The van der Waals surface area contributed by atoms with E-state index in [1.807, 2.05) is 7.11 Å². The average Bonchev–Trinajstić information content (AvgIpc) is 2.40. The maximum atomic E-state index is 5.51. The zero-order valence-electron chi connectivity index (χ0n) is 11.5. The van der Waals surface area contributed by atoms with Crippen LogP contribution in [0.5, 0.6) is 0 Å². The van der Waals surface area contributed by atoms with E-state index in [0.717, 1.165) is 12.5 Å². The first-order valence-electron chi connectivity index (χ1n) is 7.27. The molecule has 100 valence electrons. The monoisotopic (exact) mass is 240 g/mol. The van der Waals surface area contributed by atoms with Crippen LogP contribution in [0.25, 0.3) is 0 Å². The molecule has 0 amide bonds. The Bertz CT molecular complexity index is 213. The Hall–Kier alpha value is -0.120. The van der Waals surface area contributed by atoms with Gasteiger partial charge in [-0.25, -0.2) is 0 Å². The Kier molecular flexibility index (Phi) is 4.83. The highest BCUT2D eigenvalue weighted by Gasteiger charge is 2.40. The highest BCUT2D eigenvalue weighted by Crippen LogP contribution is 2.34. The van der Waals surface area contributed by atoms with Crippen molar-refractivity contribution in [3.63, 3.8) is 0 Å². The van der Waals surface area contributed by atoms with E-state index in [1.54, 1.807) is 0 Å². The summed E-state index contributed by atoms with van der Waals surface area (Å²) in [7, 11) is 1.85. The molecule has 2 heterocycles. The Morgan fingerprint density at radius 1 is 1.29 bits per heavy atom. The normalized spacial score (nSPS) is 32.8. The number of nitrogens with zero attached hydrogens (tertiary/aromatic N) is 1. The summed E-state index contributed by atoms with van der Waals surface area (Å²) < 4.78 is 5.51. The maximum absolute atomic E-state index is 5.51. The molecule has 3 nitrogen and oxygen atoms in total. The van der Waals surface area contributed by atoms with E-state index in [9.17, 15) is 0 Å². The van der Waals surface area contributed by atoms with Gasteiger partial charge in [-0.3, -0.25) is 0 Å². The standard InChI is InChI=1S/C14H28N2O/c1-3-16-10-6-13(7-11-16)14(12-17-2)8-4-5-9-15-14/h13,15H,3-12H2,1-2H3. The molecule has 2 fully saturated rings. The third-order valence-corrected chi connectivity index (χ3v) is 4.74. The van der Waals surface area contributed by atoms with Crippen LogP contribution in [-0.4, -0.2) is 50.3 Å². The molecule has 2 saturated heterocycles. The van der Waals surface area contributed by atoms with Crippen LogP contribution >= 0.6 is 0 Å². The lowest BCUT2D eigenvalue weighted by molar-refractivity contribution is 0.0207. The van der Waals surface area contributed by atoms with Gasteiger partial charge in [0, 0.05) is 12.6 Å². The molecule has 0 aromatic carbocycles. The fourth-order valence-corrected chi connectivity index (χ4v) is 3.64. The van der Waals surface area contributed by atoms with Crippen LogP contribution in [0, 0.1) is 5.92 Å². The van der Waals surface area contributed by atoms with Gasteiger partial charge in [0.25, 0.3) is 0 Å². The molecule has 1 N–H and O–H groups in total. The second kappa shape index (κ2) is 6.17. The van der Waals surface area contributed by atoms with Gasteiger partial charge in [0.1, 0.15) is 0 Å². The van der Waals surface area contributed by atoms with Gasteiger partial charge >= 0.3 is 0 Å². The van der Waals surface area contributed by atoms with Crippen LogP contribution in [0.15, 0.2) is 0 Å². The molecule has 0 aromatic rings. The molecule has 2 rings (SSSR count). The molecule has 0 radical (unpaired) electrons. The third-order valence-electron chi connectivity index (χ3n) is 4.74. The first kappa shape index (κ1) is 13.3. The third kappa shape index (κ3) is 3.01. The molecular weight excluding hydrogens is 212 g/mol. The first-order chi connectivity index (χ1) is 8.30. The van der Waals surface area contributed by atoms with Crippen LogP contribution < -0.4 is 5.32 Å². The van der Waals surface area contributed by atoms with Crippen LogP contribution in [0.3, 0.4) is 0 Å². The zero-order valence-corrected chi connectivity index (χ0v) is 11.5. The summed E-state index contributed by atoms with van der Waals surface area (Å²) in [5.74, 6) is 0.811. The van der Waals surface area contributed by atoms with E-state index < -0.39 is 0 Å². The molecule has 0 aliphatic carbocycles. The number of ether oxygens (including phenoxy) is 1. The van der Waals surface area contributed by atoms with Crippen molar-refractivity contribution in [2.45, 2.75) is 44.6 Å². The van der Waals surface area contributed by atoms with Crippen molar-refractivity contribution in [3.05, 3.63) is 0 Å². The predicted molar refractivity (Wildman–Crippen MR) is 71.3 cm³/mol. The summed E-state index contributed by atoms with van der Waals surface area (Å²) in [6.45, 7) is 8.09. The van der Waals surface area contributed by atoms with Gasteiger partial charge < -0.3 is 15.0 Å². The molecule has 1 unspecified atom stereocenters. The second-order valence-corrected chi connectivity index (χ2v) is 5.68. The lowest BCUT2D eigenvalue weighted by Gasteiger charge is -2.47. The van der Waals surface area contributed by atoms with E-state index in [-0.39, 0.29) is 5.54 Å². The van der Waals surface area contributed by atoms with Crippen LogP contribution in [0.4, 0.5) is 0 Å². The van der Waals surface area contributed by atoms with E-state index in [0.29, 0.717) is 0 Å². The second-order valence-electron chi connectivity index (χ2n) is 5.68. The molecule has 3 heteroatoms. The summed E-state index contributed by atoms with van der Waals surface area (Å²) in [5.41, 5.74) is 0.285. The fourth-order valence-electron chi connectivity index (χ4n) is 3.64. The number of rotatable bonds is 4. The Labute approximate surface area is 106 Å². The van der Waals surface area contributed by atoms with E-state index in [4.69, 9.17) is 4.74 Å². The van der Waals surface area contributed by atoms with Crippen molar-refractivity contribution < 1.29 is 4.74 Å². The van der Waals surface area contributed by atoms with Gasteiger partial charge in [-0.1, -0.05) is 13.3 Å². The molecule has 2 aliphatic heterocycles. The van der Waals surface area contributed by atoms with Crippen molar-refractivity contribution in [2.75, 3.05) is 39.9 Å². The number of hydrogen-bond donors (Lipinski definition) is 1. The molecule has 0 aromatic heterocycles. The number of methoxy groups -OCH3 is 1. The largest absolute Gasteiger partial charge is 0.383 e. The summed E-state index contributed by atoms with van der Waals surface area (Å²) in [6.07, 6.45) is 6.68. The minimum Gasteiger partial charge on any atom is -0.383 e. The molecular formula is C14H28N2O. The summed E-state index contributed by atoms with van der Waals surface area (Å²) in [4.78, 5) is 2.57. The summed E-state index contributed by atoms with van der Waals surface area (Å²) in [5, 5.41) is 3.79. The Morgan fingerprint density at radius 3 is 2.59 bits per heavy atom. The predicted octanol–water partition coefficient (Wildman–Crippen LogP) is 1.88. The van der Waals surface area contributed by atoms with Gasteiger partial charge in [0.15, 0.2) is 0 Å². The molecule has 2 aliphatic rings. The fraction of sp³-hybridized carbons (Fsp3) is 1.00.